The quantitative estimate of drug-likeness (QED) is 0.485. The zero-order valence-electron chi connectivity index (χ0n) is 18.1. The predicted molar refractivity (Wildman–Crippen MR) is 118 cm³/mol. The standard InChI is InChI=1S/C25H25F3N2O3/c1-32-19-10-16(11-19)24(31)30-23-13-29-22-7-6-18(12-21(22)23)33-20-8-15(9-20)14-2-4-17(5-3-14)25(26,27)28/h2-7,12-13,15-16,19-20,29H,8-11H2,1H3,(H,30,31)/t15-,16-,19+,20+. The lowest BCUT2D eigenvalue weighted by Gasteiger charge is -2.36. The Morgan fingerprint density at radius 2 is 1.76 bits per heavy atom. The topological polar surface area (TPSA) is 63.3 Å². The zero-order valence-corrected chi connectivity index (χ0v) is 18.1. The molecule has 3 aromatic rings. The molecule has 0 radical (unpaired) electrons. The van der Waals surface area contributed by atoms with Crippen LogP contribution in [0.4, 0.5) is 18.9 Å². The number of aromatic nitrogens is 1. The number of hydrogen-bond donors (Lipinski definition) is 2. The summed E-state index contributed by atoms with van der Waals surface area (Å²) in [6, 6.07) is 11.1. The molecule has 2 N–H and O–H groups in total. The summed E-state index contributed by atoms with van der Waals surface area (Å²) in [6.07, 6.45) is 0.615. The van der Waals surface area contributed by atoms with Crippen molar-refractivity contribution in [1.82, 2.24) is 4.98 Å². The minimum atomic E-state index is -4.32. The molecule has 0 saturated heterocycles. The molecule has 33 heavy (non-hydrogen) atoms. The smallest absolute Gasteiger partial charge is 0.416 e. The van der Waals surface area contributed by atoms with Crippen molar-refractivity contribution in [2.45, 2.75) is 50.0 Å². The minimum absolute atomic E-state index is 0.00565. The fourth-order valence-corrected chi connectivity index (χ4v) is 4.55. The summed E-state index contributed by atoms with van der Waals surface area (Å²) in [6.45, 7) is 0. The summed E-state index contributed by atoms with van der Waals surface area (Å²) in [5.41, 5.74) is 1.90. The van der Waals surface area contributed by atoms with Crippen LogP contribution in [0, 0.1) is 5.92 Å². The molecule has 0 spiro atoms. The zero-order chi connectivity index (χ0) is 23.2. The highest BCUT2D eigenvalue weighted by atomic mass is 19.4. The van der Waals surface area contributed by atoms with E-state index in [0.717, 1.165) is 60.0 Å². The van der Waals surface area contributed by atoms with Gasteiger partial charge in [-0.15, -0.1) is 0 Å². The van der Waals surface area contributed by atoms with E-state index in [1.807, 2.05) is 18.2 Å². The maximum atomic E-state index is 12.7. The molecule has 1 amide bonds. The van der Waals surface area contributed by atoms with Crippen LogP contribution in [-0.2, 0) is 15.7 Å². The van der Waals surface area contributed by atoms with Crippen LogP contribution in [0.5, 0.6) is 5.75 Å². The number of amides is 1. The van der Waals surface area contributed by atoms with Crippen molar-refractivity contribution in [3.63, 3.8) is 0 Å². The molecular weight excluding hydrogens is 433 g/mol. The SMILES string of the molecule is CO[C@H]1C[C@@H](C(=O)Nc2c[nH]c3ccc(O[C@H]4C[C@@H](c5ccc(C(F)(F)F)cc5)C4)cc23)C1. The maximum absolute atomic E-state index is 12.7. The number of carbonyl (C=O) groups is 1. The molecule has 1 aromatic heterocycles. The molecule has 5 nitrogen and oxygen atoms in total. The third-order valence-electron chi connectivity index (χ3n) is 6.82. The summed E-state index contributed by atoms with van der Waals surface area (Å²) in [5.74, 6) is 0.864. The van der Waals surface area contributed by atoms with E-state index < -0.39 is 11.7 Å². The van der Waals surface area contributed by atoms with E-state index in [2.05, 4.69) is 10.3 Å². The Kier molecular flexibility index (Phi) is 5.56. The van der Waals surface area contributed by atoms with E-state index in [1.54, 1.807) is 25.4 Å². The molecule has 0 bridgehead atoms. The second-order valence-corrected chi connectivity index (χ2v) is 8.95. The van der Waals surface area contributed by atoms with Gasteiger partial charge in [-0.2, -0.15) is 13.2 Å². The average Bonchev–Trinajstić information content (AvgIpc) is 3.11. The molecule has 2 aliphatic carbocycles. The van der Waals surface area contributed by atoms with Gasteiger partial charge < -0.3 is 19.8 Å². The highest BCUT2D eigenvalue weighted by molar-refractivity contribution is 6.03. The lowest BCUT2D eigenvalue weighted by atomic mass is 9.77. The Balaban J connectivity index is 1.19. The fraction of sp³-hybridized carbons (Fsp3) is 0.400. The number of nitrogens with one attached hydrogen (secondary N) is 2. The van der Waals surface area contributed by atoms with Gasteiger partial charge in [-0.05, 0) is 67.5 Å². The van der Waals surface area contributed by atoms with Crippen molar-refractivity contribution in [3.8, 4) is 5.75 Å². The first-order valence-corrected chi connectivity index (χ1v) is 11.1. The summed E-state index contributed by atoms with van der Waals surface area (Å²) >= 11 is 0. The number of alkyl halides is 3. The highest BCUT2D eigenvalue weighted by Crippen LogP contribution is 2.41. The second-order valence-electron chi connectivity index (χ2n) is 8.95. The van der Waals surface area contributed by atoms with Crippen LogP contribution in [0.15, 0.2) is 48.7 Å². The number of H-pyrrole nitrogens is 1. The van der Waals surface area contributed by atoms with E-state index in [-0.39, 0.29) is 30.0 Å². The monoisotopic (exact) mass is 458 g/mol. The van der Waals surface area contributed by atoms with Crippen molar-refractivity contribution in [2.24, 2.45) is 5.92 Å². The lowest BCUT2D eigenvalue weighted by Crippen LogP contribution is -2.38. The molecule has 5 rings (SSSR count). The van der Waals surface area contributed by atoms with Crippen molar-refractivity contribution >= 4 is 22.5 Å². The minimum Gasteiger partial charge on any atom is -0.490 e. The molecule has 174 valence electrons. The molecule has 2 aromatic carbocycles. The van der Waals surface area contributed by atoms with Crippen molar-refractivity contribution in [2.75, 3.05) is 12.4 Å². The first-order valence-electron chi connectivity index (χ1n) is 11.1. The van der Waals surface area contributed by atoms with E-state index in [0.29, 0.717) is 5.75 Å². The number of fused-ring (bicyclic) bond motifs is 1. The Morgan fingerprint density at radius 1 is 1.03 bits per heavy atom. The third kappa shape index (κ3) is 4.44. The van der Waals surface area contributed by atoms with Crippen LogP contribution < -0.4 is 10.1 Å². The largest absolute Gasteiger partial charge is 0.490 e. The van der Waals surface area contributed by atoms with Crippen molar-refractivity contribution in [1.29, 1.82) is 0 Å². The molecular formula is C25H25F3N2O3. The van der Waals surface area contributed by atoms with Gasteiger partial charge in [0, 0.05) is 30.1 Å². The number of benzene rings is 2. The lowest BCUT2D eigenvalue weighted by molar-refractivity contribution is -0.137. The Hall–Kier alpha value is -3.00. The molecule has 8 heteroatoms. The van der Waals surface area contributed by atoms with Gasteiger partial charge in [-0.1, -0.05) is 12.1 Å². The number of ether oxygens (including phenoxy) is 2. The van der Waals surface area contributed by atoms with Gasteiger partial charge in [0.25, 0.3) is 0 Å². The Labute approximate surface area is 189 Å². The van der Waals surface area contributed by atoms with Crippen LogP contribution in [-0.4, -0.2) is 30.2 Å². The number of rotatable bonds is 6. The Morgan fingerprint density at radius 3 is 2.42 bits per heavy atom. The molecule has 0 atom stereocenters. The van der Waals surface area contributed by atoms with Crippen LogP contribution in [0.1, 0.15) is 42.7 Å². The van der Waals surface area contributed by atoms with Gasteiger partial charge in [0.05, 0.1) is 23.5 Å². The normalized spacial score (nSPS) is 24.7. The second kappa shape index (κ2) is 8.41. The van der Waals surface area contributed by atoms with Gasteiger partial charge in [-0.25, -0.2) is 0 Å². The summed E-state index contributed by atoms with van der Waals surface area (Å²) in [5, 5.41) is 3.88. The summed E-state index contributed by atoms with van der Waals surface area (Å²) in [4.78, 5) is 15.7. The van der Waals surface area contributed by atoms with Crippen LogP contribution in [0.25, 0.3) is 10.9 Å². The highest BCUT2D eigenvalue weighted by Gasteiger charge is 2.35. The molecule has 2 saturated carbocycles. The number of halogens is 3. The number of aromatic amines is 1. The van der Waals surface area contributed by atoms with Gasteiger partial charge in [0.2, 0.25) is 5.91 Å². The molecule has 1 heterocycles. The van der Waals surface area contributed by atoms with Gasteiger partial charge in [-0.3, -0.25) is 4.79 Å². The molecule has 2 fully saturated rings. The van der Waals surface area contributed by atoms with Crippen molar-refractivity contribution < 1.29 is 27.4 Å². The van der Waals surface area contributed by atoms with Gasteiger partial charge in [0.1, 0.15) is 5.75 Å². The maximum Gasteiger partial charge on any atom is 0.416 e. The van der Waals surface area contributed by atoms with Crippen LogP contribution >= 0.6 is 0 Å². The van der Waals surface area contributed by atoms with Crippen LogP contribution in [0.2, 0.25) is 0 Å². The fourth-order valence-electron chi connectivity index (χ4n) is 4.55. The van der Waals surface area contributed by atoms with Crippen molar-refractivity contribution in [3.05, 3.63) is 59.8 Å². The number of hydrogen-bond acceptors (Lipinski definition) is 3. The van der Waals surface area contributed by atoms with E-state index in [1.165, 1.54) is 0 Å². The van der Waals surface area contributed by atoms with E-state index in [4.69, 9.17) is 9.47 Å². The number of carbonyl (C=O) groups excluding carboxylic acids is 1. The molecule has 2 aliphatic rings. The van der Waals surface area contributed by atoms with Gasteiger partial charge >= 0.3 is 6.18 Å². The number of methoxy groups -OCH3 is 1. The van der Waals surface area contributed by atoms with E-state index in [9.17, 15) is 18.0 Å². The number of anilines is 1. The molecule has 0 unspecified atom stereocenters. The summed E-state index contributed by atoms with van der Waals surface area (Å²) in [7, 11) is 1.66. The average molecular weight is 458 g/mol. The molecule has 0 aliphatic heterocycles. The first kappa shape index (κ1) is 21.8. The Bertz CT molecular complexity index is 1140. The van der Waals surface area contributed by atoms with E-state index >= 15 is 0 Å². The summed E-state index contributed by atoms with van der Waals surface area (Å²) < 4.78 is 49.6. The predicted octanol–water partition coefficient (Wildman–Crippen LogP) is 5.88. The van der Waals surface area contributed by atoms with Crippen LogP contribution in [0.3, 0.4) is 0 Å². The van der Waals surface area contributed by atoms with Gasteiger partial charge in [0.15, 0.2) is 0 Å². The first-order chi connectivity index (χ1) is 15.8. The third-order valence-corrected chi connectivity index (χ3v) is 6.82.